The van der Waals surface area contributed by atoms with Gasteiger partial charge < -0.3 is 4.74 Å². The largest absolute Gasteiger partial charge is 0.465 e. The minimum absolute atomic E-state index is 0.0374. The van der Waals surface area contributed by atoms with E-state index in [1.807, 2.05) is 42.5 Å². The van der Waals surface area contributed by atoms with Crippen LogP contribution in [0, 0.1) is 0 Å². The summed E-state index contributed by atoms with van der Waals surface area (Å²) in [6, 6.07) is 14.7. The van der Waals surface area contributed by atoms with Crippen molar-refractivity contribution in [2.75, 3.05) is 11.6 Å². The number of aromatic nitrogens is 1. The molecule has 0 N–H and O–H groups in total. The Morgan fingerprint density at radius 3 is 2.58 bits per heavy atom. The van der Waals surface area contributed by atoms with Crippen molar-refractivity contribution in [3.8, 4) is 0 Å². The van der Waals surface area contributed by atoms with E-state index in [1.54, 1.807) is 12.3 Å². The maximum atomic E-state index is 11.8. The molecule has 0 bridgehead atoms. The lowest BCUT2D eigenvalue weighted by Gasteiger charge is -2.23. The van der Waals surface area contributed by atoms with Crippen LogP contribution in [-0.4, -0.2) is 23.4 Å². The molecule has 2 aromatic rings. The Kier molecular flexibility index (Phi) is 2.94. The van der Waals surface area contributed by atoms with Crippen LogP contribution in [0.4, 0.5) is 5.69 Å². The average molecular weight is 253 g/mol. The van der Waals surface area contributed by atoms with Gasteiger partial charge >= 0.3 is 0 Å². The van der Waals surface area contributed by atoms with Gasteiger partial charge in [0.1, 0.15) is 5.69 Å². The van der Waals surface area contributed by atoms with Gasteiger partial charge in [0.05, 0.1) is 5.69 Å². The van der Waals surface area contributed by atoms with Gasteiger partial charge in [-0.2, -0.15) is 5.01 Å². The number of carbonyl (C=O) groups excluding carboxylic acids is 1. The van der Waals surface area contributed by atoms with Gasteiger partial charge in [0.15, 0.2) is 6.61 Å². The molecule has 0 spiro atoms. The minimum atomic E-state index is -0.203. The van der Waals surface area contributed by atoms with Gasteiger partial charge in [-0.1, -0.05) is 24.3 Å². The topological polar surface area (TPSA) is 54.8 Å². The van der Waals surface area contributed by atoms with Crippen molar-refractivity contribution in [2.24, 2.45) is 5.10 Å². The molecule has 0 fully saturated rings. The molecule has 2 heterocycles. The van der Waals surface area contributed by atoms with Gasteiger partial charge in [-0.05, 0) is 24.3 Å². The highest BCUT2D eigenvalue weighted by molar-refractivity contribution is 6.03. The van der Waals surface area contributed by atoms with Crippen LogP contribution >= 0.6 is 0 Å². The molecule has 0 saturated carbocycles. The van der Waals surface area contributed by atoms with E-state index in [4.69, 9.17) is 4.74 Å². The van der Waals surface area contributed by atoms with Gasteiger partial charge in [0.2, 0.25) is 0 Å². The monoisotopic (exact) mass is 253 g/mol. The lowest BCUT2D eigenvalue weighted by Crippen LogP contribution is -2.37. The van der Waals surface area contributed by atoms with E-state index < -0.39 is 0 Å². The predicted octanol–water partition coefficient (Wildman–Crippen LogP) is 1.81. The number of nitrogens with zero attached hydrogens (tertiary/aromatic N) is 3. The number of anilines is 1. The number of amides is 1. The SMILES string of the molecule is O=C1COC(c2ccccn2)=NN1c1ccccc1. The van der Waals surface area contributed by atoms with E-state index in [0.717, 1.165) is 0 Å². The Morgan fingerprint density at radius 2 is 1.84 bits per heavy atom. The Balaban J connectivity index is 1.98. The third-order valence-electron chi connectivity index (χ3n) is 2.64. The van der Waals surface area contributed by atoms with Crippen LogP contribution in [0.25, 0.3) is 0 Å². The van der Waals surface area contributed by atoms with E-state index >= 15 is 0 Å². The fourth-order valence-corrected chi connectivity index (χ4v) is 1.75. The molecule has 1 amide bonds. The number of pyridine rings is 1. The molecular weight excluding hydrogens is 242 g/mol. The van der Waals surface area contributed by atoms with Crippen LogP contribution in [0.1, 0.15) is 5.69 Å². The normalized spacial score (nSPS) is 14.8. The number of rotatable bonds is 2. The second-order valence-corrected chi connectivity index (χ2v) is 3.95. The highest BCUT2D eigenvalue weighted by atomic mass is 16.5. The summed E-state index contributed by atoms with van der Waals surface area (Å²) in [5.41, 5.74) is 1.32. The lowest BCUT2D eigenvalue weighted by atomic mass is 10.3. The molecule has 0 atom stereocenters. The molecule has 1 aliphatic heterocycles. The highest BCUT2D eigenvalue weighted by Crippen LogP contribution is 2.18. The molecule has 3 rings (SSSR count). The van der Waals surface area contributed by atoms with Gasteiger partial charge in [-0.15, -0.1) is 5.10 Å². The lowest BCUT2D eigenvalue weighted by molar-refractivity contribution is -0.121. The molecule has 0 saturated heterocycles. The quantitative estimate of drug-likeness (QED) is 0.820. The first-order chi connectivity index (χ1) is 9.34. The molecule has 1 aromatic heterocycles. The van der Waals surface area contributed by atoms with Crippen LogP contribution in [0.5, 0.6) is 0 Å². The minimum Gasteiger partial charge on any atom is -0.465 e. The Bertz CT molecular complexity index is 611. The average Bonchev–Trinajstić information content (AvgIpc) is 2.49. The zero-order valence-corrected chi connectivity index (χ0v) is 10.1. The molecule has 0 unspecified atom stereocenters. The number of hydrazone groups is 1. The first kappa shape index (κ1) is 11.4. The van der Waals surface area contributed by atoms with Gasteiger partial charge in [0, 0.05) is 6.20 Å². The van der Waals surface area contributed by atoms with Crippen LogP contribution in [0.15, 0.2) is 59.8 Å². The molecule has 0 aliphatic carbocycles. The molecule has 1 aliphatic rings. The van der Waals surface area contributed by atoms with Crippen molar-refractivity contribution in [1.82, 2.24) is 4.98 Å². The van der Waals surface area contributed by atoms with E-state index in [2.05, 4.69) is 10.1 Å². The van der Waals surface area contributed by atoms with Gasteiger partial charge in [-0.25, -0.2) is 0 Å². The third-order valence-corrected chi connectivity index (χ3v) is 2.64. The number of carbonyl (C=O) groups is 1. The standard InChI is InChI=1S/C14H11N3O2/c18-13-10-19-14(12-8-4-5-9-15-12)16-17(13)11-6-2-1-3-7-11/h1-9H,10H2. The fraction of sp³-hybridized carbons (Fsp3) is 0.0714. The van der Waals surface area contributed by atoms with E-state index in [9.17, 15) is 4.79 Å². The zero-order valence-electron chi connectivity index (χ0n) is 10.1. The molecule has 0 radical (unpaired) electrons. The van der Waals surface area contributed by atoms with Gasteiger partial charge in [0.25, 0.3) is 11.8 Å². The Labute approximate surface area is 110 Å². The number of para-hydroxylation sites is 1. The second-order valence-electron chi connectivity index (χ2n) is 3.95. The maximum Gasteiger partial charge on any atom is 0.285 e. The number of benzene rings is 1. The van der Waals surface area contributed by atoms with Crippen LogP contribution in [-0.2, 0) is 9.53 Å². The first-order valence-electron chi connectivity index (χ1n) is 5.85. The van der Waals surface area contributed by atoms with Crippen molar-refractivity contribution in [3.63, 3.8) is 0 Å². The molecule has 19 heavy (non-hydrogen) atoms. The second kappa shape index (κ2) is 4.89. The summed E-state index contributed by atoms with van der Waals surface area (Å²) in [6.45, 7) is -0.0374. The van der Waals surface area contributed by atoms with Crippen LogP contribution in [0.2, 0.25) is 0 Å². The Hall–Kier alpha value is -2.69. The summed E-state index contributed by atoms with van der Waals surface area (Å²) >= 11 is 0. The summed E-state index contributed by atoms with van der Waals surface area (Å²) in [7, 11) is 0. The van der Waals surface area contributed by atoms with Crippen molar-refractivity contribution in [1.29, 1.82) is 0 Å². The van der Waals surface area contributed by atoms with Crippen LogP contribution in [0.3, 0.4) is 0 Å². The van der Waals surface area contributed by atoms with Crippen molar-refractivity contribution >= 4 is 17.5 Å². The van der Waals surface area contributed by atoms with Crippen molar-refractivity contribution in [2.45, 2.75) is 0 Å². The smallest absolute Gasteiger partial charge is 0.285 e. The summed E-state index contributed by atoms with van der Waals surface area (Å²) in [6.07, 6.45) is 1.66. The van der Waals surface area contributed by atoms with E-state index in [1.165, 1.54) is 5.01 Å². The highest BCUT2D eigenvalue weighted by Gasteiger charge is 2.24. The molecule has 5 heteroatoms. The molecule has 94 valence electrons. The first-order valence-corrected chi connectivity index (χ1v) is 5.85. The van der Waals surface area contributed by atoms with E-state index in [0.29, 0.717) is 17.3 Å². The zero-order chi connectivity index (χ0) is 13.1. The molecule has 5 nitrogen and oxygen atoms in total. The predicted molar refractivity (Wildman–Crippen MR) is 70.7 cm³/mol. The third kappa shape index (κ3) is 2.30. The molecule has 1 aromatic carbocycles. The summed E-state index contributed by atoms with van der Waals surface area (Å²) < 4.78 is 5.32. The summed E-state index contributed by atoms with van der Waals surface area (Å²) in [4.78, 5) is 16.0. The molecular formula is C14H11N3O2. The number of hydrogen-bond donors (Lipinski definition) is 0. The van der Waals surface area contributed by atoms with E-state index in [-0.39, 0.29) is 12.5 Å². The van der Waals surface area contributed by atoms with Crippen molar-refractivity contribution in [3.05, 3.63) is 60.4 Å². The number of hydrogen-bond acceptors (Lipinski definition) is 4. The summed E-state index contributed by atoms with van der Waals surface area (Å²) in [5, 5.41) is 5.56. The number of ether oxygens (including phenoxy) is 1. The Morgan fingerprint density at radius 1 is 1.05 bits per heavy atom. The van der Waals surface area contributed by atoms with Crippen molar-refractivity contribution < 1.29 is 9.53 Å². The summed E-state index contributed by atoms with van der Waals surface area (Å²) in [5.74, 6) is 0.148. The fourth-order valence-electron chi connectivity index (χ4n) is 1.75. The van der Waals surface area contributed by atoms with Crippen LogP contribution < -0.4 is 5.01 Å². The van der Waals surface area contributed by atoms with Gasteiger partial charge in [-0.3, -0.25) is 9.78 Å². The maximum absolute atomic E-state index is 11.8.